The summed E-state index contributed by atoms with van der Waals surface area (Å²) in [6.45, 7) is 9.71. The maximum absolute atomic E-state index is 11.6. The third-order valence-corrected chi connectivity index (χ3v) is 4.23. The lowest BCUT2D eigenvalue weighted by atomic mass is 10.1. The first-order valence-corrected chi connectivity index (χ1v) is 9.77. The van der Waals surface area contributed by atoms with Crippen molar-refractivity contribution in [3.05, 3.63) is 35.5 Å². The number of aromatic nitrogens is 1. The average Bonchev–Trinajstić information content (AvgIpc) is 3.03. The van der Waals surface area contributed by atoms with Gasteiger partial charge in [-0.15, -0.1) is 0 Å². The molecule has 0 radical (unpaired) electrons. The van der Waals surface area contributed by atoms with Gasteiger partial charge in [-0.1, -0.05) is 18.2 Å². The molecule has 0 aliphatic rings. The lowest BCUT2D eigenvalue weighted by Gasteiger charge is -2.19. The molecule has 2 rings (SSSR count). The van der Waals surface area contributed by atoms with E-state index >= 15 is 0 Å². The van der Waals surface area contributed by atoms with Gasteiger partial charge < -0.3 is 25.7 Å². The number of hydrogen-bond donors (Lipinski definition) is 4. The number of para-hydroxylation sites is 1. The number of nitrogens with one attached hydrogen (secondary N) is 4. The molecule has 0 aliphatic carbocycles. The fourth-order valence-electron chi connectivity index (χ4n) is 2.91. The Morgan fingerprint density at radius 3 is 2.57 bits per heavy atom. The van der Waals surface area contributed by atoms with Gasteiger partial charge in [-0.25, -0.2) is 4.79 Å². The second kappa shape index (κ2) is 10.0. The molecule has 0 saturated heterocycles. The van der Waals surface area contributed by atoms with Crippen molar-refractivity contribution >= 4 is 23.0 Å². The van der Waals surface area contributed by atoms with Crippen molar-refractivity contribution < 1.29 is 9.53 Å². The molecule has 1 aromatic heterocycles. The summed E-state index contributed by atoms with van der Waals surface area (Å²) in [5.74, 6) is 0.758. The van der Waals surface area contributed by atoms with Crippen molar-refractivity contribution in [2.24, 2.45) is 4.99 Å². The highest BCUT2D eigenvalue weighted by molar-refractivity contribution is 5.86. The van der Waals surface area contributed by atoms with Gasteiger partial charge in [-0.3, -0.25) is 4.99 Å². The molecule has 2 aromatic rings. The van der Waals surface area contributed by atoms with Crippen LogP contribution < -0.4 is 16.0 Å². The normalized spacial score (nSPS) is 12.1. The van der Waals surface area contributed by atoms with E-state index in [-0.39, 0.29) is 6.09 Å². The molecule has 0 saturated carbocycles. The van der Waals surface area contributed by atoms with Crippen LogP contribution in [-0.4, -0.2) is 49.3 Å². The van der Waals surface area contributed by atoms with E-state index < -0.39 is 5.60 Å². The minimum absolute atomic E-state index is 0.385. The Kier molecular flexibility index (Phi) is 7.72. The summed E-state index contributed by atoms with van der Waals surface area (Å²) in [5, 5.41) is 10.6. The monoisotopic (exact) mass is 387 g/mol. The number of nitrogens with zero attached hydrogens (tertiary/aromatic N) is 1. The van der Waals surface area contributed by atoms with E-state index in [4.69, 9.17) is 4.74 Å². The third kappa shape index (κ3) is 6.79. The molecule has 0 bridgehead atoms. The van der Waals surface area contributed by atoms with E-state index in [1.54, 1.807) is 7.05 Å². The van der Waals surface area contributed by atoms with Gasteiger partial charge in [0, 0.05) is 43.8 Å². The van der Waals surface area contributed by atoms with Crippen LogP contribution in [0.4, 0.5) is 4.79 Å². The summed E-state index contributed by atoms with van der Waals surface area (Å²) in [6, 6.07) is 6.36. The van der Waals surface area contributed by atoms with Crippen LogP contribution in [0.15, 0.2) is 29.4 Å². The number of aryl methyl sites for hydroxylation is 1. The summed E-state index contributed by atoms with van der Waals surface area (Å²) in [6.07, 6.45) is 3.38. The number of carbonyl (C=O) groups is 1. The van der Waals surface area contributed by atoms with Crippen LogP contribution in [0.1, 0.15) is 38.3 Å². The van der Waals surface area contributed by atoms with Crippen LogP contribution >= 0.6 is 0 Å². The maximum atomic E-state index is 11.6. The number of aromatic amines is 1. The molecule has 1 aromatic carbocycles. The van der Waals surface area contributed by atoms with Crippen LogP contribution in [0.5, 0.6) is 0 Å². The van der Waals surface area contributed by atoms with E-state index in [1.807, 2.05) is 20.8 Å². The molecule has 0 spiro atoms. The number of ether oxygens (including phenoxy) is 1. The minimum Gasteiger partial charge on any atom is -0.444 e. The highest BCUT2D eigenvalue weighted by atomic mass is 16.6. The van der Waals surface area contributed by atoms with Gasteiger partial charge in [-0.05, 0) is 51.7 Å². The van der Waals surface area contributed by atoms with Crippen LogP contribution in [-0.2, 0) is 11.2 Å². The Bertz CT molecular complexity index is 805. The first-order valence-electron chi connectivity index (χ1n) is 9.77. The number of guanidine groups is 1. The third-order valence-electron chi connectivity index (χ3n) is 4.23. The maximum Gasteiger partial charge on any atom is 0.407 e. The fourth-order valence-corrected chi connectivity index (χ4v) is 2.91. The van der Waals surface area contributed by atoms with Crippen molar-refractivity contribution in [3.8, 4) is 0 Å². The van der Waals surface area contributed by atoms with Gasteiger partial charge in [0.2, 0.25) is 0 Å². The predicted molar refractivity (Wildman–Crippen MR) is 115 cm³/mol. The minimum atomic E-state index is -0.474. The number of H-pyrrole nitrogens is 1. The second-order valence-corrected chi connectivity index (χ2v) is 7.77. The number of hydrogen-bond acceptors (Lipinski definition) is 3. The Labute approximate surface area is 167 Å². The number of benzene rings is 1. The van der Waals surface area contributed by atoms with E-state index in [9.17, 15) is 4.79 Å². The lowest BCUT2D eigenvalue weighted by Crippen LogP contribution is -2.40. The van der Waals surface area contributed by atoms with Gasteiger partial charge in [0.1, 0.15) is 5.60 Å². The van der Waals surface area contributed by atoms with Gasteiger partial charge in [0.15, 0.2) is 5.96 Å². The molecule has 154 valence electrons. The summed E-state index contributed by atoms with van der Waals surface area (Å²) < 4.78 is 5.20. The predicted octanol–water partition coefficient (Wildman–Crippen LogP) is 3.10. The number of carbonyl (C=O) groups excluding carboxylic acids is 1. The van der Waals surface area contributed by atoms with Crippen molar-refractivity contribution in [2.45, 2.75) is 46.1 Å². The zero-order valence-electron chi connectivity index (χ0n) is 17.6. The first kappa shape index (κ1) is 21.6. The molecule has 0 fully saturated rings. The van der Waals surface area contributed by atoms with Gasteiger partial charge in [-0.2, -0.15) is 0 Å². The SMILES string of the molecule is CN=C(NCCCNC(=O)OC(C)(C)C)NCCc1c[nH]c2c(C)cccc12. The number of aliphatic imine (C=N–C) groups is 1. The topological polar surface area (TPSA) is 90.5 Å². The fraction of sp³-hybridized carbons (Fsp3) is 0.524. The molecule has 1 heterocycles. The van der Waals surface area contributed by atoms with E-state index in [0.717, 1.165) is 25.3 Å². The molecule has 7 nitrogen and oxygen atoms in total. The zero-order chi connectivity index (χ0) is 20.6. The lowest BCUT2D eigenvalue weighted by molar-refractivity contribution is 0.0527. The largest absolute Gasteiger partial charge is 0.444 e. The van der Waals surface area contributed by atoms with Gasteiger partial charge in [0.25, 0.3) is 0 Å². The second-order valence-electron chi connectivity index (χ2n) is 7.77. The number of amides is 1. The van der Waals surface area contributed by atoms with E-state index in [1.165, 1.54) is 22.0 Å². The smallest absolute Gasteiger partial charge is 0.407 e. The quantitative estimate of drug-likeness (QED) is 0.334. The molecule has 7 heteroatoms. The van der Waals surface area contributed by atoms with Crippen LogP contribution in [0, 0.1) is 6.92 Å². The van der Waals surface area contributed by atoms with Crippen LogP contribution in [0.3, 0.4) is 0 Å². The molecule has 1 amide bonds. The van der Waals surface area contributed by atoms with Crippen molar-refractivity contribution in [3.63, 3.8) is 0 Å². The number of fused-ring (bicyclic) bond motifs is 1. The van der Waals surface area contributed by atoms with Crippen molar-refractivity contribution in [1.82, 2.24) is 20.9 Å². The molecule has 28 heavy (non-hydrogen) atoms. The molecular formula is C21H33N5O2. The molecule has 0 unspecified atom stereocenters. The molecule has 4 N–H and O–H groups in total. The summed E-state index contributed by atoms with van der Waals surface area (Å²) in [7, 11) is 1.75. The standard InChI is InChI=1S/C21H33N5O2/c1-15-8-6-9-17-16(14-26-18(15)17)10-13-24-19(22-5)23-11-7-12-25-20(27)28-21(2,3)4/h6,8-9,14,26H,7,10-13H2,1-5H3,(H,25,27)(H2,22,23,24). The highest BCUT2D eigenvalue weighted by Gasteiger charge is 2.15. The van der Waals surface area contributed by atoms with Gasteiger partial charge >= 0.3 is 6.09 Å². The summed E-state index contributed by atoms with van der Waals surface area (Å²) in [4.78, 5) is 19.2. The van der Waals surface area contributed by atoms with E-state index in [2.05, 4.69) is 57.2 Å². The first-order chi connectivity index (χ1) is 13.3. The molecule has 0 aliphatic heterocycles. The molecular weight excluding hydrogens is 354 g/mol. The number of rotatable bonds is 7. The highest BCUT2D eigenvalue weighted by Crippen LogP contribution is 2.21. The van der Waals surface area contributed by atoms with Crippen molar-refractivity contribution in [2.75, 3.05) is 26.7 Å². The zero-order valence-corrected chi connectivity index (χ0v) is 17.6. The molecule has 0 atom stereocenters. The Morgan fingerprint density at radius 1 is 1.14 bits per heavy atom. The average molecular weight is 388 g/mol. The number of alkyl carbamates (subject to hydrolysis) is 1. The van der Waals surface area contributed by atoms with Crippen molar-refractivity contribution in [1.29, 1.82) is 0 Å². The summed E-state index contributed by atoms with van der Waals surface area (Å²) in [5.41, 5.74) is 3.28. The summed E-state index contributed by atoms with van der Waals surface area (Å²) >= 11 is 0. The van der Waals surface area contributed by atoms with E-state index in [0.29, 0.717) is 13.1 Å². The Balaban J connectivity index is 1.66. The van der Waals surface area contributed by atoms with Crippen LogP contribution in [0.2, 0.25) is 0 Å². The van der Waals surface area contributed by atoms with Crippen LogP contribution in [0.25, 0.3) is 10.9 Å². The van der Waals surface area contributed by atoms with Gasteiger partial charge in [0.05, 0.1) is 0 Å². The Hall–Kier alpha value is -2.70. The Morgan fingerprint density at radius 2 is 1.86 bits per heavy atom.